The first kappa shape index (κ1) is 14.9. The Kier molecular flexibility index (Phi) is 4.11. The number of aromatic hydroxyl groups is 1. The summed E-state index contributed by atoms with van der Waals surface area (Å²) in [6, 6.07) is 2.77. The Bertz CT molecular complexity index is 675. The van der Waals surface area contributed by atoms with Crippen LogP contribution >= 0.6 is 39.9 Å². The number of amides is 1. The highest BCUT2D eigenvalue weighted by atomic mass is 79.9. The lowest BCUT2D eigenvalue weighted by Crippen LogP contribution is -2.22. The lowest BCUT2D eigenvalue weighted by molar-refractivity contribution is -0.730. The smallest absolute Gasteiger partial charge is 0.359 e. The third-order valence-electron chi connectivity index (χ3n) is 2.56. The Hall–Kier alpha value is -1.45. The molecule has 1 fully saturated rings. The highest BCUT2D eigenvalue weighted by Crippen LogP contribution is 2.37. The zero-order chi connectivity index (χ0) is 15.0. The molecule has 0 saturated carbocycles. The van der Waals surface area contributed by atoms with Crippen molar-refractivity contribution in [1.29, 1.82) is 0 Å². The average Bonchev–Trinajstić information content (AvgIpc) is 2.61. The van der Waals surface area contributed by atoms with Gasteiger partial charge in [0.2, 0.25) is 5.75 Å². The summed E-state index contributed by atoms with van der Waals surface area (Å²) >= 11 is 9.25. The number of hydrogen-bond acceptors (Lipinski definition) is 5. The van der Waals surface area contributed by atoms with Gasteiger partial charge in [-0.3, -0.25) is 9.69 Å². The minimum absolute atomic E-state index is 0.221. The number of rotatable bonds is 2. The molecule has 2 N–H and O–H groups in total. The monoisotopic (exact) mass is 375 g/mol. The van der Waals surface area contributed by atoms with Crippen LogP contribution in [0.4, 0.5) is 5.69 Å². The predicted molar refractivity (Wildman–Crippen MR) is 81.8 cm³/mol. The molecule has 0 radical (unpaired) electrons. The summed E-state index contributed by atoms with van der Waals surface area (Å²) in [6.45, 7) is 0. The van der Waals surface area contributed by atoms with Crippen LogP contribution in [0.5, 0.6) is 5.75 Å². The molecule has 9 heteroatoms. The normalized spacial score (nSPS) is 17.1. The number of likely N-dealkylation sites (N-methyl/N-ethyl adjacent to an activating group) is 1. The maximum atomic E-state index is 11.9. The van der Waals surface area contributed by atoms with E-state index in [-0.39, 0.29) is 17.2 Å². The minimum atomic E-state index is -0.442. The average molecular weight is 376 g/mol. The van der Waals surface area contributed by atoms with E-state index in [9.17, 15) is 14.8 Å². The van der Waals surface area contributed by atoms with Gasteiger partial charge in [-0.1, -0.05) is 39.9 Å². The van der Waals surface area contributed by atoms with Gasteiger partial charge in [0.25, 0.3) is 10.8 Å². The van der Waals surface area contributed by atoms with E-state index >= 15 is 0 Å². The Labute approximate surface area is 131 Å². The van der Waals surface area contributed by atoms with Gasteiger partial charge in [-0.05, 0) is 12.1 Å². The van der Waals surface area contributed by atoms with E-state index in [1.807, 2.05) is 0 Å². The molecule has 104 valence electrons. The number of carbonyl (C=O) groups excluding carboxylic acids is 1. The van der Waals surface area contributed by atoms with Crippen LogP contribution in [0.3, 0.4) is 0 Å². The Morgan fingerprint density at radius 3 is 2.65 bits per heavy atom. The van der Waals surface area contributed by atoms with Crippen molar-refractivity contribution in [3.8, 4) is 5.75 Å². The number of nitrogens with zero attached hydrogens (tertiary/aromatic N) is 2. The van der Waals surface area contributed by atoms with Crippen LogP contribution < -0.4 is 0 Å². The second-order valence-corrected chi connectivity index (χ2v) is 6.47. The summed E-state index contributed by atoms with van der Waals surface area (Å²) in [5.74, 6) is -0.712. The predicted octanol–water partition coefficient (Wildman–Crippen LogP) is 2.79. The minimum Gasteiger partial charge on any atom is -0.502 e. The van der Waals surface area contributed by atoms with Crippen molar-refractivity contribution < 1.29 is 20.0 Å². The van der Waals surface area contributed by atoms with Gasteiger partial charge >= 0.3 is 5.69 Å². The van der Waals surface area contributed by atoms with E-state index in [0.29, 0.717) is 13.7 Å². The van der Waals surface area contributed by atoms with Gasteiger partial charge in [-0.25, -0.2) is 5.21 Å². The van der Waals surface area contributed by atoms with Crippen LogP contribution in [0.1, 0.15) is 5.56 Å². The molecule has 0 spiro atoms. The van der Waals surface area contributed by atoms with Gasteiger partial charge in [-0.15, -0.1) is 0 Å². The molecular weight excluding hydrogens is 368 g/mol. The molecule has 1 aromatic carbocycles. The van der Waals surface area contributed by atoms with Crippen LogP contribution in [0.25, 0.3) is 6.08 Å². The first-order valence-corrected chi connectivity index (χ1v) is 7.23. The third-order valence-corrected chi connectivity index (χ3v) is 4.51. The summed E-state index contributed by atoms with van der Waals surface area (Å²) in [5, 5.41) is 18.9. The summed E-state index contributed by atoms with van der Waals surface area (Å²) in [4.78, 5) is 24.0. The van der Waals surface area contributed by atoms with Gasteiger partial charge in [0.15, 0.2) is 0 Å². The number of thioether (sulfide) groups is 1. The number of benzene rings is 1. The molecule has 2 rings (SSSR count). The van der Waals surface area contributed by atoms with Crippen molar-refractivity contribution in [2.24, 2.45) is 0 Å². The van der Waals surface area contributed by atoms with Gasteiger partial charge in [0.05, 0.1) is 9.81 Å². The second-order valence-electron chi connectivity index (χ2n) is 3.88. The van der Waals surface area contributed by atoms with Crippen LogP contribution in [0.2, 0.25) is 0 Å². The van der Waals surface area contributed by atoms with E-state index in [4.69, 9.17) is 17.4 Å². The lowest BCUT2D eigenvalue weighted by atomic mass is 10.1. The van der Waals surface area contributed by atoms with Crippen LogP contribution in [0, 0.1) is 4.91 Å². The zero-order valence-corrected chi connectivity index (χ0v) is 13.3. The van der Waals surface area contributed by atoms with Gasteiger partial charge in [-0.2, -0.15) is 0 Å². The molecule has 1 aromatic rings. The summed E-state index contributed by atoms with van der Waals surface area (Å²) in [5.41, 5.74) is -0.101. The maximum absolute atomic E-state index is 11.9. The molecule has 1 aliphatic heterocycles. The quantitative estimate of drug-likeness (QED) is 0.469. The number of hydrogen-bond donors (Lipinski definition) is 2. The number of thiocarbonyl (C=S) groups is 1. The fourth-order valence-corrected chi connectivity index (χ4v) is 3.18. The SMILES string of the molecule is CN1C(=O)/C(=C/c2cc(Br)cc([N+](=O)O)c2O)SC1=S. The van der Waals surface area contributed by atoms with Gasteiger partial charge in [0, 0.05) is 23.2 Å². The highest BCUT2D eigenvalue weighted by molar-refractivity contribution is 9.10. The molecule has 0 aromatic heterocycles. The molecule has 1 amide bonds. The van der Waals surface area contributed by atoms with E-state index in [1.165, 1.54) is 23.1 Å². The standard InChI is InChI=1S/C11H7BrN2O4S2/c1-13-10(16)8(20-11(13)19)3-5-2-6(12)4-7(9(5)15)14(17)18/h2-4H,1H3,(H-,15,16,17,18)/p+1. The van der Waals surface area contributed by atoms with Crippen LogP contribution in [0.15, 0.2) is 21.5 Å². The first-order chi connectivity index (χ1) is 9.31. The van der Waals surface area contributed by atoms with Crippen molar-refractivity contribution in [2.45, 2.75) is 0 Å². The fourth-order valence-electron chi connectivity index (χ4n) is 1.55. The molecule has 1 aliphatic rings. The maximum Gasteiger partial charge on any atom is 0.359 e. The molecule has 0 aliphatic carbocycles. The zero-order valence-electron chi connectivity index (χ0n) is 10.0. The molecule has 1 saturated heterocycles. The number of phenols is 1. The Morgan fingerprint density at radius 2 is 2.15 bits per heavy atom. The van der Waals surface area contributed by atoms with Crippen molar-refractivity contribution in [3.63, 3.8) is 0 Å². The van der Waals surface area contributed by atoms with Crippen molar-refractivity contribution in [3.05, 3.63) is 32.0 Å². The van der Waals surface area contributed by atoms with E-state index in [0.717, 1.165) is 11.8 Å². The molecule has 1 heterocycles. The highest BCUT2D eigenvalue weighted by Gasteiger charge is 2.30. The third kappa shape index (κ3) is 2.69. The Morgan fingerprint density at radius 1 is 1.50 bits per heavy atom. The molecule has 20 heavy (non-hydrogen) atoms. The molecule has 0 unspecified atom stereocenters. The van der Waals surface area contributed by atoms with Gasteiger partial charge < -0.3 is 5.11 Å². The first-order valence-electron chi connectivity index (χ1n) is 5.21. The van der Waals surface area contributed by atoms with E-state index in [1.54, 1.807) is 7.05 Å². The Balaban J connectivity index is 2.52. The van der Waals surface area contributed by atoms with Gasteiger partial charge in [0.1, 0.15) is 4.32 Å². The molecular formula is C11H8BrN2O4S2+. The fraction of sp³-hybridized carbons (Fsp3) is 0.0909. The van der Waals surface area contributed by atoms with Crippen LogP contribution in [-0.4, -0.2) is 37.4 Å². The van der Waals surface area contributed by atoms with Crippen molar-refractivity contribution in [1.82, 2.24) is 4.90 Å². The molecule has 0 atom stereocenters. The lowest BCUT2D eigenvalue weighted by Gasteiger charge is -2.04. The summed E-state index contributed by atoms with van der Waals surface area (Å²) < 4.78 is 0.877. The van der Waals surface area contributed by atoms with E-state index < -0.39 is 10.7 Å². The largest absolute Gasteiger partial charge is 0.502 e. The molecule has 6 nitrogen and oxygen atoms in total. The molecule has 0 bridgehead atoms. The van der Waals surface area contributed by atoms with Crippen LogP contribution in [-0.2, 0) is 4.79 Å². The topological polar surface area (TPSA) is 80.9 Å². The van der Waals surface area contributed by atoms with Crippen molar-refractivity contribution in [2.75, 3.05) is 7.05 Å². The summed E-state index contributed by atoms with van der Waals surface area (Å²) in [6.07, 6.45) is 1.41. The summed E-state index contributed by atoms with van der Waals surface area (Å²) in [7, 11) is 1.55. The van der Waals surface area contributed by atoms with E-state index in [2.05, 4.69) is 15.9 Å². The number of carbonyl (C=O) groups is 1. The van der Waals surface area contributed by atoms with Crippen molar-refractivity contribution >= 4 is 61.9 Å². The number of halogens is 1. The second kappa shape index (κ2) is 5.51. The number of phenolic OH excluding ortho intramolecular Hbond substituents is 1.